The summed E-state index contributed by atoms with van der Waals surface area (Å²) >= 11 is 0. The summed E-state index contributed by atoms with van der Waals surface area (Å²) in [6.45, 7) is 7.05. The van der Waals surface area contributed by atoms with Crippen molar-refractivity contribution in [3.63, 3.8) is 0 Å². The molecule has 2 amide bonds. The highest BCUT2D eigenvalue weighted by Crippen LogP contribution is 2.25. The van der Waals surface area contributed by atoms with Crippen molar-refractivity contribution in [3.05, 3.63) is 30.1 Å². The van der Waals surface area contributed by atoms with Gasteiger partial charge in [-0.1, -0.05) is 39.3 Å². The van der Waals surface area contributed by atoms with Gasteiger partial charge in [0.1, 0.15) is 5.82 Å². The van der Waals surface area contributed by atoms with Crippen LogP contribution in [0.1, 0.15) is 58.7 Å². The predicted molar refractivity (Wildman–Crippen MR) is 113 cm³/mol. The first-order valence-corrected chi connectivity index (χ1v) is 10.5. The fourth-order valence-electron chi connectivity index (χ4n) is 3.37. The van der Waals surface area contributed by atoms with E-state index < -0.39 is 5.41 Å². The summed E-state index contributed by atoms with van der Waals surface area (Å²) in [5.74, 6) is 1.84. The highest BCUT2D eigenvalue weighted by molar-refractivity contribution is 5.91. The van der Waals surface area contributed by atoms with Crippen LogP contribution in [0.15, 0.2) is 24.3 Å². The summed E-state index contributed by atoms with van der Waals surface area (Å²) in [4.78, 5) is 24.1. The molecule has 0 spiro atoms. The van der Waals surface area contributed by atoms with Gasteiger partial charge in [0.15, 0.2) is 5.82 Å². The molecule has 1 aromatic heterocycles. The summed E-state index contributed by atoms with van der Waals surface area (Å²) in [5.41, 5.74) is 1.29. The minimum Gasteiger partial charge on any atom is -0.356 e. The second-order valence-corrected chi connectivity index (χ2v) is 8.64. The smallest absolute Gasteiger partial charge is 0.225 e. The van der Waals surface area contributed by atoms with Crippen LogP contribution in [0, 0.1) is 5.41 Å². The van der Waals surface area contributed by atoms with E-state index in [9.17, 15) is 9.59 Å². The van der Waals surface area contributed by atoms with E-state index in [0.29, 0.717) is 19.4 Å². The molecule has 0 radical (unpaired) electrons. The van der Waals surface area contributed by atoms with Gasteiger partial charge in [-0.15, -0.1) is 10.2 Å². The van der Waals surface area contributed by atoms with Crippen LogP contribution in [0.25, 0.3) is 11.4 Å². The number of anilines is 1. The lowest BCUT2D eigenvalue weighted by Crippen LogP contribution is -2.35. The molecular weight excluding hydrogens is 366 g/mol. The van der Waals surface area contributed by atoms with Gasteiger partial charge in [0, 0.05) is 42.6 Å². The fraction of sp³-hybridized carbons (Fsp3) is 0.545. The molecule has 0 atom stereocenters. The molecule has 0 bridgehead atoms. The van der Waals surface area contributed by atoms with Crippen LogP contribution in [0.4, 0.5) is 5.69 Å². The van der Waals surface area contributed by atoms with Crippen LogP contribution in [0.3, 0.4) is 0 Å². The van der Waals surface area contributed by atoms with Gasteiger partial charge in [-0.2, -0.15) is 0 Å². The van der Waals surface area contributed by atoms with Crippen LogP contribution < -0.4 is 10.6 Å². The van der Waals surface area contributed by atoms with E-state index >= 15 is 0 Å². The van der Waals surface area contributed by atoms with Gasteiger partial charge in [0.2, 0.25) is 11.8 Å². The number of nitrogens with zero attached hydrogens (tertiary/aromatic N) is 3. The van der Waals surface area contributed by atoms with Gasteiger partial charge in [-0.25, -0.2) is 0 Å². The SMILES string of the molecule is CC(C)(C)C(=O)NCCCC(=O)Nc1cccc(-c2nnc3n2CCCCC3)c1. The average molecular weight is 398 g/mol. The maximum Gasteiger partial charge on any atom is 0.225 e. The molecule has 0 saturated heterocycles. The Kier molecular flexibility index (Phi) is 6.67. The lowest BCUT2D eigenvalue weighted by molar-refractivity contribution is -0.128. The Bertz CT molecular complexity index is 866. The Labute approximate surface area is 172 Å². The zero-order valence-corrected chi connectivity index (χ0v) is 17.6. The van der Waals surface area contributed by atoms with Crippen molar-refractivity contribution >= 4 is 17.5 Å². The van der Waals surface area contributed by atoms with E-state index in [1.165, 1.54) is 6.42 Å². The monoisotopic (exact) mass is 397 g/mol. The maximum atomic E-state index is 12.3. The number of rotatable bonds is 6. The number of fused-ring (bicyclic) bond motifs is 1. The predicted octanol–water partition coefficient (Wildman–Crippen LogP) is 3.55. The lowest BCUT2D eigenvalue weighted by atomic mass is 9.96. The maximum absolute atomic E-state index is 12.3. The zero-order valence-electron chi connectivity index (χ0n) is 17.6. The molecule has 7 nitrogen and oxygen atoms in total. The topological polar surface area (TPSA) is 88.9 Å². The number of carbonyl (C=O) groups is 2. The van der Waals surface area contributed by atoms with E-state index in [0.717, 1.165) is 48.7 Å². The van der Waals surface area contributed by atoms with Crippen molar-refractivity contribution in [1.82, 2.24) is 20.1 Å². The largest absolute Gasteiger partial charge is 0.356 e. The Morgan fingerprint density at radius 3 is 2.76 bits per heavy atom. The molecule has 2 aromatic rings. The molecule has 29 heavy (non-hydrogen) atoms. The van der Waals surface area contributed by atoms with Crippen LogP contribution in [-0.4, -0.2) is 33.1 Å². The van der Waals surface area contributed by atoms with Gasteiger partial charge >= 0.3 is 0 Å². The van der Waals surface area contributed by atoms with Crippen molar-refractivity contribution in [2.24, 2.45) is 5.41 Å². The van der Waals surface area contributed by atoms with Crippen molar-refractivity contribution < 1.29 is 9.59 Å². The van der Waals surface area contributed by atoms with E-state index in [4.69, 9.17) is 0 Å². The Hall–Kier alpha value is -2.70. The summed E-state index contributed by atoms with van der Waals surface area (Å²) in [5, 5.41) is 14.6. The van der Waals surface area contributed by atoms with Crippen LogP contribution in [-0.2, 0) is 22.6 Å². The number of nitrogens with one attached hydrogen (secondary N) is 2. The molecular formula is C22H31N5O2. The molecule has 1 aliphatic rings. The average Bonchev–Trinajstić information content (AvgIpc) is 2.93. The molecule has 1 aromatic carbocycles. The number of amides is 2. The van der Waals surface area contributed by atoms with E-state index in [-0.39, 0.29) is 11.8 Å². The number of carbonyl (C=O) groups excluding carboxylic acids is 2. The Morgan fingerprint density at radius 1 is 1.14 bits per heavy atom. The second kappa shape index (κ2) is 9.20. The minimum atomic E-state index is -0.414. The van der Waals surface area contributed by atoms with Crippen molar-refractivity contribution in [2.75, 3.05) is 11.9 Å². The number of hydrogen-bond acceptors (Lipinski definition) is 4. The molecule has 7 heteroatoms. The third kappa shape index (κ3) is 5.65. The number of aromatic nitrogens is 3. The number of hydrogen-bond donors (Lipinski definition) is 2. The molecule has 3 rings (SSSR count). The van der Waals surface area contributed by atoms with Gasteiger partial charge in [0.25, 0.3) is 0 Å². The third-order valence-corrected chi connectivity index (χ3v) is 5.06. The van der Waals surface area contributed by atoms with Crippen LogP contribution in [0.2, 0.25) is 0 Å². The lowest BCUT2D eigenvalue weighted by Gasteiger charge is -2.17. The van der Waals surface area contributed by atoms with Gasteiger partial charge in [-0.3, -0.25) is 9.59 Å². The van der Waals surface area contributed by atoms with E-state index in [2.05, 4.69) is 25.4 Å². The fourth-order valence-corrected chi connectivity index (χ4v) is 3.37. The first-order chi connectivity index (χ1) is 13.8. The van der Waals surface area contributed by atoms with Crippen molar-refractivity contribution in [1.29, 1.82) is 0 Å². The molecule has 2 heterocycles. The normalized spacial score (nSPS) is 14.0. The minimum absolute atomic E-state index is 0.00181. The molecule has 0 fully saturated rings. The van der Waals surface area contributed by atoms with Crippen molar-refractivity contribution in [2.45, 2.75) is 65.8 Å². The van der Waals surface area contributed by atoms with Crippen LogP contribution in [0.5, 0.6) is 0 Å². The molecule has 0 aliphatic carbocycles. The van der Waals surface area contributed by atoms with E-state index in [1.807, 2.05) is 45.0 Å². The number of aryl methyl sites for hydroxylation is 1. The molecule has 156 valence electrons. The zero-order chi connectivity index (χ0) is 20.9. The summed E-state index contributed by atoms with van der Waals surface area (Å²) in [7, 11) is 0. The van der Waals surface area contributed by atoms with Gasteiger partial charge in [-0.05, 0) is 31.4 Å². The van der Waals surface area contributed by atoms with Gasteiger partial charge < -0.3 is 15.2 Å². The number of benzene rings is 1. The second-order valence-electron chi connectivity index (χ2n) is 8.64. The third-order valence-electron chi connectivity index (χ3n) is 5.06. The summed E-state index contributed by atoms with van der Waals surface area (Å²) in [6, 6.07) is 7.75. The summed E-state index contributed by atoms with van der Waals surface area (Å²) in [6.07, 6.45) is 5.44. The highest BCUT2D eigenvalue weighted by Gasteiger charge is 2.20. The molecule has 2 N–H and O–H groups in total. The quantitative estimate of drug-likeness (QED) is 0.730. The summed E-state index contributed by atoms with van der Waals surface area (Å²) < 4.78 is 2.20. The van der Waals surface area contributed by atoms with Crippen LogP contribution >= 0.6 is 0 Å². The Balaban J connectivity index is 1.56. The molecule has 0 unspecified atom stereocenters. The molecule has 0 saturated carbocycles. The first kappa shape index (κ1) is 21.0. The van der Waals surface area contributed by atoms with Gasteiger partial charge in [0.05, 0.1) is 0 Å². The highest BCUT2D eigenvalue weighted by atomic mass is 16.2. The standard InChI is InChI=1S/C22H31N5O2/c1-22(2,3)21(29)23-13-8-12-19(28)24-17-10-7-9-16(15-17)20-26-25-18-11-5-4-6-14-27(18)20/h7,9-10,15H,4-6,8,11-14H2,1-3H3,(H,23,29)(H,24,28). The first-order valence-electron chi connectivity index (χ1n) is 10.5. The van der Waals surface area contributed by atoms with Crippen molar-refractivity contribution in [3.8, 4) is 11.4 Å². The Morgan fingerprint density at radius 2 is 1.97 bits per heavy atom. The molecule has 1 aliphatic heterocycles. The van der Waals surface area contributed by atoms with E-state index in [1.54, 1.807) is 0 Å².